The zero-order chi connectivity index (χ0) is 27.1. The molecule has 7 aromatic rings. The van der Waals surface area contributed by atoms with Gasteiger partial charge in [0.15, 0.2) is 0 Å². The molecule has 0 atom stereocenters. The van der Waals surface area contributed by atoms with Gasteiger partial charge in [-0.05, 0) is 78.6 Å². The maximum atomic E-state index is 2.40. The van der Waals surface area contributed by atoms with Crippen molar-refractivity contribution in [3.8, 4) is 0 Å². The molecule has 2 heteroatoms. The summed E-state index contributed by atoms with van der Waals surface area (Å²) in [6, 6.07) is 39.7. The first-order valence-corrected chi connectivity index (χ1v) is 14.2. The molecular weight excluding hydrogens is 484 g/mol. The number of aromatic nitrogens is 2. The molecule has 2 heterocycles. The van der Waals surface area contributed by atoms with Crippen LogP contribution in [0.25, 0.3) is 67.9 Å². The average molecular weight is 517 g/mol. The number of fused-ring (bicyclic) bond motifs is 6. The van der Waals surface area contributed by atoms with Crippen LogP contribution in [0.1, 0.15) is 36.1 Å². The maximum Gasteiger partial charge on any atom is 0.0491 e. The molecule has 0 aliphatic rings. The van der Waals surface area contributed by atoms with E-state index in [4.69, 9.17) is 0 Å². The van der Waals surface area contributed by atoms with Gasteiger partial charge in [-0.25, -0.2) is 0 Å². The van der Waals surface area contributed by atoms with Crippen LogP contribution in [0.4, 0.5) is 0 Å². The Hall–Kier alpha value is -4.82. The van der Waals surface area contributed by atoms with Crippen LogP contribution in [0.2, 0.25) is 0 Å². The predicted octanol–water partition coefficient (Wildman–Crippen LogP) is 10.3. The zero-order valence-corrected chi connectivity index (χ0v) is 23.0. The summed E-state index contributed by atoms with van der Waals surface area (Å²) in [5.41, 5.74) is 10.0. The van der Waals surface area contributed by atoms with Gasteiger partial charge in [0, 0.05) is 56.7 Å². The minimum atomic E-state index is 0.968. The predicted molar refractivity (Wildman–Crippen MR) is 175 cm³/mol. The molecule has 7 rings (SSSR count). The summed E-state index contributed by atoms with van der Waals surface area (Å²) < 4.78 is 4.79. The molecular formula is C38H32N2. The smallest absolute Gasteiger partial charge is 0.0491 e. The lowest BCUT2D eigenvalue weighted by Gasteiger charge is -2.03. The molecule has 0 aliphatic carbocycles. The van der Waals surface area contributed by atoms with Gasteiger partial charge in [-0.2, -0.15) is 0 Å². The second-order valence-electron chi connectivity index (χ2n) is 10.4. The molecule has 0 saturated heterocycles. The summed E-state index contributed by atoms with van der Waals surface area (Å²) in [7, 11) is 0. The van der Waals surface area contributed by atoms with E-state index in [2.05, 4.69) is 156 Å². The van der Waals surface area contributed by atoms with Gasteiger partial charge in [-0.1, -0.05) is 91.0 Å². The molecule has 2 nitrogen and oxygen atoms in total. The van der Waals surface area contributed by atoms with Crippen molar-refractivity contribution in [2.24, 2.45) is 0 Å². The SMILES string of the molecule is CCn1c2ccccc2c2cc(/C=C/c3cccc(/C=C/c4ccc5c(c4)c4ccccc4n5CC)c3)ccc21. The number of nitrogens with zero attached hydrogens (tertiary/aromatic N) is 2. The summed E-state index contributed by atoms with van der Waals surface area (Å²) >= 11 is 0. The van der Waals surface area contributed by atoms with Crippen molar-refractivity contribution in [1.82, 2.24) is 9.13 Å². The van der Waals surface area contributed by atoms with Gasteiger partial charge >= 0.3 is 0 Å². The van der Waals surface area contributed by atoms with E-state index in [9.17, 15) is 0 Å². The highest BCUT2D eigenvalue weighted by molar-refractivity contribution is 6.09. The summed E-state index contributed by atoms with van der Waals surface area (Å²) in [5.74, 6) is 0. The largest absolute Gasteiger partial charge is 0.341 e. The molecule has 0 amide bonds. The number of para-hydroxylation sites is 2. The Morgan fingerprint density at radius 1 is 0.400 bits per heavy atom. The second kappa shape index (κ2) is 10.1. The van der Waals surface area contributed by atoms with E-state index in [1.54, 1.807) is 0 Å². The molecule has 40 heavy (non-hydrogen) atoms. The number of aryl methyl sites for hydroxylation is 2. The first kappa shape index (κ1) is 24.2. The number of hydrogen-bond acceptors (Lipinski definition) is 0. The molecule has 0 fully saturated rings. The fourth-order valence-corrected chi connectivity index (χ4v) is 6.18. The molecule has 0 radical (unpaired) electrons. The average Bonchev–Trinajstić information content (AvgIpc) is 3.50. The molecule has 0 bridgehead atoms. The number of hydrogen-bond donors (Lipinski definition) is 0. The number of rotatable bonds is 6. The van der Waals surface area contributed by atoms with E-state index in [1.165, 1.54) is 65.9 Å². The summed E-state index contributed by atoms with van der Waals surface area (Å²) in [6.07, 6.45) is 8.86. The lowest BCUT2D eigenvalue weighted by atomic mass is 10.1. The Bertz CT molecular complexity index is 1930. The summed E-state index contributed by atoms with van der Waals surface area (Å²) in [4.78, 5) is 0. The van der Waals surface area contributed by atoms with Gasteiger partial charge in [-0.3, -0.25) is 0 Å². The van der Waals surface area contributed by atoms with Crippen molar-refractivity contribution in [2.45, 2.75) is 26.9 Å². The molecule has 0 unspecified atom stereocenters. The monoisotopic (exact) mass is 516 g/mol. The van der Waals surface area contributed by atoms with Crippen molar-refractivity contribution in [3.63, 3.8) is 0 Å². The highest BCUT2D eigenvalue weighted by atomic mass is 15.0. The fraction of sp³-hybridized carbons (Fsp3) is 0.105. The maximum absolute atomic E-state index is 2.40. The summed E-state index contributed by atoms with van der Waals surface area (Å²) in [6.45, 7) is 6.36. The summed E-state index contributed by atoms with van der Waals surface area (Å²) in [5, 5.41) is 5.27. The second-order valence-corrected chi connectivity index (χ2v) is 10.4. The third-order valence-electron chi connectivity index (χ3n) is 8.07. The fourth-order valence-electron chi connectivity index (χ4n) is 6.18. The van der Waals surface area contributed by atoms with Crippen LogP contribution in [0.5, 0.6) is 0 Å². The van der Waals surface area contributed by atoms with Crippen LogP contribution < -0.4 is 0 Å². The number of benzene rings is 5. The minimum Gasteiger partial charge on any atom is -0.341 e. The molecule has 0 N–H and O–H groups in total. The first-order valence-electron chi connectivity index (χ1n) is 14.2. The third-order valence-corrected chi connectivity index (χ3v) is 8.07. The van der Waals surface area contributed by atoms with Crippen LogP contribution >= 0.6 is 0 Å². The van der Waals surface area contributed by atoms with Crippen molar-refractivity contribution < 1.29 is 0 Å². The van der Waals surface area contributed by atoms with E-state index in [0.717, 1.165) is 13.1 Å². The van der Waals surface area contributed by atoms with Gasteiger partial charge < -0.3 is 9.13 Å². The van der Waals surface area contributed by atoms with E-state index >= 15 is 0 Å². The van der Waals surface area contributed by atoms with E-state index in [1.807, 2.05) is 0 Å². The van der Waals surface area contributed by atoms with E-state index < -0.39 is 0 Å². The van der Waals surface area contributed by atoms with Crippen LogP contribution in [0.3, 0.4) is 0 Å². The van der Waals surface area contributed by atoms with E-state index in [-0.39, 0.29) is 0 Å². The van der Waals surface area contributed by atoms with Crippen molar-refractivity contribution >= 4 is 67.9 Å². The zero-order valence-electron chi connectivity index (χ0n) is 23.0. The highest BCUT2D eigenvalue weighted by Gasteiger charge is 2.10. The molecule has 0 spiro atoms. The standard InChI is InChI=1S/C38H32N2/c1-3-39-35-14-7-5-12-31(35)33-25-29(20-22-37(33)39)18-16-27-10-9-11-28(24-27)17-19-30-21-23-38-34(26-30)32-13-6-8-15-36(32)40(38)4-2/h5-26H,3-4H2,1-2H3/b18-16+,19-17+. The lowest BCUT2D eigenvalue weighted by molar-refractivity contribution is 0.827. The van der Waals surface area contributed by atoms with Gasteiger partial charge in [0.25, 0.3) is 0 Å². The Labute approximate surface area is 235 Å². The molecule has 194 valence electrons. The molecule has 0 saturated carbocycles. The van der Waals surface area contributed by atoms with Crippen molar-refractivity contribution in [2.75, 3.05) is 0 Å². The van der Waals surface area contributed by atoms with Crippen molar-refractivity contribution in [3.05, 3.63) is 131 Å². The van der Waals surface area contributed by atoms with Crippen molar-refractivity contribution in [1.29, 1.82) is 0 Å². The minimum absolute atomic E-state index is 0.968. The van der Waals surface area contributed by atoms with Gasteiger partial charge in [0.1, 0.15) is 0 Å². The Morgan fingerprint density at radius 2 is 0.800 bits per heavy atom. The molecule has 0 aliphatic heterocycles. The van der Waals surface area contributed by atoms with Gasteiger partial charge in [0.05, 0.1) is 0 Å². The Balaban J connectivity index is 1.17. The lowest BCUT2D eigenvalue weighted by Crippen LogP contribution is -1.92. The topological polar surface area (TPSA) is 9.86 Å². The van der Waals surface area contributed by atoms with Crippen LogP contribution in [-0.4, -0.2) is 9.13 Å². The van der Waals surface area contributed by atoms with E-state index in [0.29, 0.717) is 0 Å². The molecule has 5 aromatic carbocycles. The quantitative estimate of drug-likeness (QED) is 0.195. The van der Waals surface area contributed by atoms with Crippen LogP contribution in [-0.2, 0) is 13.1 Å². The van der Waals surface area contributed by atoms with Crippen LogP contribution in [0, 0.1) is 0 Å². The van der Waals surface area contributed by atoms with Gasteiger partial charge in [-0.15, -0.1) is 0 Å². The highest BCUT2D eigenvalue weighted by Crippen LogP contribution is 2.31. The third kappa shape index (κ3) is 4.13. The Morgan fingerprint density at radius 3 is 1.25 bits per heavy atom. The first-order chi connectivity index (χ1) is 19.7. The Kier molecular flexibility index (Phi) is 6.09. The normalized spacial score (nSPS) is 12.2. The molecule has 2 aromatic heterocycles. The van der Waals surface area contributed by atoms with Gasteiger partial charge in [0.2, 0.25) is 0 Å². The van der Waals surface area contributed by atoms with Crippen LogP contribution in [0.15, 0.2) is 109 Å².